The number of rotatable bonds is 2. The van der Waals surface area contributed by atoms with Crippen LogP contribution in [0.1, 0.15) is 29.4 Å². The summed E-state index contributed by atoms with van der Waals surface area (Å²) >= 11 is 0. The molecular formula is C17H19N3O2. The lowest BCUT2D eigenvalue weighted by Crippen LogP contribution is -2.16. The van der Waals surface area contributed by atoms with E-state index in [0.29, 0.717) is 5.69 Å². The van der Waals surface area contributed by atoms with Gasteiger partial charge >= 0.3 is 0 Å². The van der Waals surface area contributed by atoms with Gasteiger partial charge in [0.1, 0.15) is 0 Å². The fraction of sp³-hybridized carbons (Fsp3) is 0.294. The van der Waals surface area contributed by atoms with E-state index in [0.717, 1.165) is 40.6 Å². The smallest absolute Gasteiger partial charge is 0.221 e. The second-order valence-corrected chi connectivity index (χ2v) is 5.87. The van der Waals surface area contributed by atoms with Gasteiger partial charge in [-0.25, -0.2) is 0 Å². The van der Waals surface area contributed by atoms with Gasteiger partial charge in [0.15, 0.2) is 0 Å². The van der Waals surface area contributed by atoms with E-state index in [1.807, 2.05) is 43.4 Å². The zero-order chi connectivity index (χ0) is 15.9. The number of hydrogen-bond donors (Lipinski definition) is 2. The summed E-state index contributed by atoms with van der Waals surface area (Å²) in [6.07, 6.45) is 3.45. The molecule has 1 aliphatic rings. The quantitative estimate of drug-likeness (QED) is 0.838. The van der Waals surface area contributed by atoms with Crippen molar-refractivity contribution in [2.45, 2.75) is 19.8 Å². The molecule has 1 aromatic heterocycles. The summed E-state index contributed by atoms with van der Waals surface area (Å²) in [5.41, 5.74) is 4.23. The number of benzene rings is 1. The van der Waals surface area contributed by atoms with Crippen molar-refractivity contribution in [3.63, 3.8) is 0 Å². The molecule has 1 amide bonds. The normalized spacial score (nSPS) is 16.0. The number of fused-ring (bicyclic) bond motifs is 3. The average Bonchev–Trinajstić information content (AvgIpc) is 2.80. The predicted octanol–water partition coefficient (Wildman–Crippen LogP) is 2.70. The molecule has 114 valence electrons. The lowest BCUT2D eigenvalue weighted by Gasteiger charge is -2.16. The summed E-state index contributed by atoms with van der Waals surface area (Å²) in [6.45, 7) is 1.48. The largest absolute Gasteiger partial charge is 0.383 e. The molecule has 1 aliphatic carbocycles. The summed E-state index contributed by atoms with van der Waals surface area (Å²) in [4.78, 5) is 28.9. The first-order valence-electron chi connectivity index (χ1n) is 7.29. The maximum atomic E-state index is 12.6. The molecule has 2 N–H and O–H groups in total. The Morgan fingerprint density at radius 1 is 1.32 bits per heavy atom. The van der Waals surface area contributed by atoms with Crippen molar-refractivity contribution in [3.05, 3.63) is 41.2 Å². The van der Waals surface area contributed by atoms with E-state index in [1.54, 1.807) is 0 Å². The van der Waals surface area contributed by atoms with E-state index in [-0.39, 0.29) is 11.7 Å². The second kappa shape index (κ2) is 5.33. The molecule has 2 aromatic rings. The van der Waals surface area contributed by atoms with Crippen LogP contribution in [0.15, 0.2) is 30.0 Å². The molecule has 1 heterocycles. The van der Waals surface area contributed by atoms with Crippen molar-refractivity contribution in [2.75, 3.05) is 19.4 Å². The maximum Gasteiger partial charge on any atom is 0.221 e. The van der Waals surface area contributed by atoms with Crippen LogP contribution in [0.2, 0.25) is 0 Å². The fourth-order valence-electron chi connectivity index (χ4n) is 2.95. The second-order valence-electron chi connectivity index (χ2n) is 5.87. The topological polar surface area (TPSA) is 65.2 Å². The zero-order valence-electron chi connectivity index (χ0n) is 13.0. The third-order valence-electron chi connectivity index (χ3n) is 3.80. The van der Waals surface area contributed by atoms with Crippen LogP contribution in [-0.4, -0.2) is 35.7 Å². The fourth-order valence-corrected chi connectivity index (χ4v) is 2.95. The van der Waals surface area contributed by atoms with E-state index < -0.39 is 0 Å². The van der Waals surface area contributed by atoms with Gasteiger partial charge in [-0.2, -0.15) is 0 Å². The molecule has 5 nitrogen and oxygen atoms in total. The molecule has 0 saturated carbocycles. The van der Waals surface area contributed by atoms with Crippen molar-refractivity contribution in [3.8, 4) is 0 Å². The molecule has 0 radical (unpaired) electrons. The molecule has 0 unspecified atom stereocenters. The van der Waals surface area contributed by atoms with E-state index in [9.17, 15) is 9.59 Å². The average molecular weight is 297 g/mol. The highest BCUT2D eigenvalue weighted by atomic mass is 16.1. The number of aromatic amines is 1. The number of amides is 1. The minimum atomic E-state index is -0.101. The van der Waals surface area contributed by atoms with Crippen molar-refractivity contribution in [2.24, 2.45) is 0 Å². The number of aryl methyl sites for hydroxylation is 1. The first-order valence-corrected chi connectivity index (χ1v) is 7.29. The minimum Gasteiger partial charge on any atom is -0.383 e. The number of Topliss-reactive ketones (excluding diaryl/α,β-unsaturated/α-hetero) is 1. The van der Waals surface area contributed by atoms with Gasteiger partial charge < -0.3 is 15.2 Å². The predicted molar refractivity (Wildman–Crippen MR) is 87.0 cm³/mol. The highest BCUT2D eigenvalue weighted by molar-refractivity contribution is 6.13. The number of anilines is 1. The number of nitrogens with zero attached hydrogens (tertiary/aromatic N) is 1. The Kier molecular flexibility index (Phi) is 3.48. The summed E-state index contributed by atoms with van der Waals surface area (Å²) in [6, 6.07) is 5.67. The summed E-state index contributed by atoms with van der Waals surface area (Å²) in [5.74, 6) is -0.0386. The third-order valence-corrected chi connectivity index (χ3v) is 3.80. The standard InChI is InChI=1S/C17H19N3O2/c1-10(21)18-12-5-7-15-14(8-12)13-6-4-11(9-20(2)3)17(22)16(13)19-15/h5,7-9,19H,4,6H2,1-3H3,(H,18,21). The van der Waals surface area contributed by atoms with Crippen LogP contribution in [0.5, 0.6) is 0 Å². The van der Waals surface area contributed by atoms with Crippen LogP contribution in [0.4, 0.5) is 5.69 Å². The van der Waals surface area contributed by atoms with Gasteiger partial charge in [0.05, 0.1) is 5.69 Å². The first kappa shape index (κ1) is 14.4. The molecule has 3 rings (SSSR count). The lowest BCUT2D eigenvalue weighted by molar-refractivity contribution is -0.114. The van der Waals surface area contributed by atoms with E-state index in [4.69, 9.17) is 0 Å². The van der Waals surface area contributed by atoms with Crippen LogP contribution in [0, 0.1) is 0 Å². The van der Waals surface area contributed by atoms with Gasteiger partial charge in [-0.15, -0.1) is 0 Å². The molecule has 5 heteroatoms. The Balaban J connectivity index is 2.07. The van der Waals surface area contributed by atoms with E-state index >= 15 is 0 Å². The van der Waals surface area contributed by atoms with Crippen molar-refractivity contribution in [1.29, 1.82) is 0 Å². The SMILES string of the molecule is CC(=O)Nc1ccc2[nH]c3c(c2c1)CCC(=CN(C)C)C3=O. The number of nitrogens with one attached hydrogen (secondary N) is 2. The number of carbonyl (C=O) groups is 2. The van der Waals surface area contributed by atoms with E-state index in [2.05, 4.69) is 10.3 Å². The molecular weight excluding hydrogens is 278 g/mol. The molecule has 0 spiro atoms. The van der Waals surface area contributed by atoms with Crippen molar-refractivity contribution < 1.29 is 9.59 Å². The highest BCUT2D eigenvalue weighted by Gasteiger charge is 2.26. The molecule has 0 bridgehead atoms. The minimum absolute atomic E-state index is 0.0622. The van der Waals surface area contributed by atoms with Gasteiger partial charge in [0.2, 0.25) is 11.7 Å². The van der Waals surface area contributed by atoms with Crippen LogP contribution >= 0.6 is 0 Å². The number of hydrogen-bond acceptors (Lipinski definition) is 3. The molecule has 0 aliphatic heterocycles. The molecule has 0 fully saturated rings. The number of ketones is 1. The van der Waals surface area contributed by atoms with Gasteiger partial charge in [-0.3, -0.25) is 9.59 Å². The molecule has 22 heavy (non-hydrogen) atoms. The number of H-pyrrole nitrogens is 1. The van der Waals surface area contributed by atoms with Gasteiger partial charge in [-0.1, -0.05) is 0 Å². The molecule has 0 atom stereocenters. The monoisotopic (exact) mass is 297 g/mol. The lowest BCUT2D eigenvalue weighted by atomic mass is 9.90. The van der Waals surface area contributed by atoms with Crippen LogP contribution < -0.4 is 5.32 Å². The van der Waals surface area contributed by atoms with Gasteiger partial charge in [0.25, 0.3) is 0 Å². The van der Waals surface area contributed by atoms with Gasteiger partial charge in [-0.05, 0) is 36.6 Å². The molecule has 1 aromatic carbocycles. The third kappa shape index (κ3) is 2.50. The maximum absolute atomic E-state index is 12.6. The Labute approximate surface area is 129 Å². The highest BCUT2D eigenvalue weighted by Crippen LogP contribution is 2.32. The zero-order valence-corrected chi connectivity index (χ0v) is 13.0. The number of allylic oxidation sites excluding steroid dienone is 1. The molecule has 0 saturated heterocycles. The van der Waals surface area contributed by atoms with Crippen LogP contribution in [-0.2, 0) is 11.2 Å². The summed E-state index contributed by atoms with van der Waals surface area (Å²) in [7, 11) is 3.83. The first-order chi connectivity index (χ1) is 10.5. The Morgan fingerprint density at radius 2 is 2.09 bits per heavy atom. The summed E-state index contributed by atoms with van der Waals surface area (Å²) < 4.78 is 0. The van der Waals surface area contributed by atoms with Gasteiger partial charge in [0, 0.05) is 49.4 Å². The Bertz CT molecular complexity index is 800. The van der Waals surface area contributed by atoms with Crippen molar-refractivity contribution >= 4 is 28.3 Å². The number of carbonyl (C=O) groups excluding carboxylic acids is 2. The van der Waals surface area contributed by atoms with Crippen molar-refractivity contribution in [1.82, 2.24) is 9.88 Å². The number of aromatic nitrogens is 1. The summed E-state index contributed by atoms with van der Waals surface area (Å²) in [5, 5.41) is 3.80. The Hall–Kier alpha value is -2.56. The van der Waals surface area contributed by atoms with Crippen LogP contribution in [0.3, 0.4) is 0 Å². The Morgan fingerprint density at radius 3 is 2.77 bits per heavy atom. The van der Waals surface area contributed by atoms with E-state index in [1.165, 1.54) is 6.92 Å². The van der Waals surface area contributed by atoms with Crippen LogP contribution in [0.25, 0.3) is 10.9 Å².